The second-order valence-electron chi connectivity index (χ2n) is 4.78. The number of ether oxygens (including phenoxy) is 2. The van der Waals surface area contributed by atoms with Gasteiger partial charge >= 0.3 is 5.97 Å². The number of halogens is 1. The first kappa shape index (κ1) is 16.0. The van der Waals surface area contributed by atoms with Crippen molar-refractivity contribution in [1.29, 1.82) is 0 Å². The van der Waals surface area contributed by atoms with Crippen LogP contribution in [0.1, 0.15) is 22.8 Å². The summed E-state index contributed by atoms with van der Waals surface area (Å²) in [4.78, 5) is 22.9. The molecule has 0 amide bonds. The molecular formula is C17H15ClO4. The lowest BCUT2D eigenvalue weighted by atomic mass is 10.1. The molecule has 0 atom stereocenters. The fourth-order valence-corrected chi connectivity index (χ4v) is 1.93. The van der Waals surface area contributed by atoms with E-state index in [1.165, 1.54) is 6.92 Å². The number of aryl methyl sites for hydroxylation is 1. The zero-order valence-corrected chi connectivity index (χ0v) is 13.0. The van der Waals surface area contributed by atoms with Crippen LogP contribution in [-0.4, -0.2) is 18.4 Å². The van der Waals surface area contributed by atoms with Crippen LogP contribution in [0.3, 0.4) is 0 Å². The van der Waals surface area contributed by atoms with Crippen molar-refractivity contribution in [2.24, 2.45) is 0 Å². The van der Waals surface area contributed by atoms with E-state index >= 15 is 0 Å². The molecule has 2 rings (SSSR count). The van der Waals surface area contributed by atoms with Crippen LogP contribution in [0.15, 0.2) is 42.5 Å². The Hall–Kier alpha value is -2.33. The number of carbonyl (C=O) groups is 2. The highest BCUT2D eigenvalue weighted by molar-refractivity contribution is 6.32. The second kappa shape index (κ2) is 7.09. The van der Waals surface area contributed by atoms with Crippen LogP contribution in [0.4, 0.5) is 0 Å². The molecular weight excluding hydrogens is 304 g/mol. The van der Waals surface area contributed by atoms with E-state index in [4.69, 9.17) is 21.1 Å². The lowest BCUT2D eigenvalue weighted by molar-refractivity contribution is -0.136. The van der Waals surface area contributed by atoms with Gasteiger partial charge < -0.3 is 9.47 Å². The van der Waals surface area contributed by atoms with Gasteiger partial charge in [0.25, 0.3) is 0 Å². The number of ketones is 1. The van der Waals surface area contributed by atoms with Gasteiger partial charge in [-0.05, 0) is 55.8 Å². The standard InChI is InChI=1S/C17H15ClO4/c1-11-3-8-15(18)16(9-11)22-17(20)10-21-14-6-4-13(5-7-14)12(2)19/h3-9H,10H2,1-2H3. The summed E-state index contributed by atoms with van der Waals surface area (Å²) in [6, 6.07) is 11.7. The van der Waals surface area contributed by atoms with Crippen LogP contribution < -0.4 is 9.47 Å². The molecule has 0 radical (unpaired) electrons. The van der Waals surface area contributed by atoms with Crippen LogP contribution in [0.2, 0.25) is 5.02 Å². The van der Waals surface area contributed by atoms with Gasteiger partial charge in [0.05, 0.1) is 5.02 Å². The molecule has 2 aromatic rings. The summed E-state index contributed by atoms with van der Waals surface area (Å²) in [6.07, 6.45) is 0. The molecule has 0 spiro atoms. The van der Waals surface area contributed by atoms with Crippen LogP contribution in [-0.2, 0) is 4.79 Å². The fraction of sp³-hybridized carbons (Fsp3) is 0.176. The van der Waals surface area contributed by atoms with Crippen LogP contribution in [0.5, 0.6) is 11.5 Å². The molecule has 0 saturated heterocycles. The third-order valence-corrected chi connectivity index (χ3v) is 3.24. The van der Waals surface area contributed by atoms with Crippen molar-refractivity contribution in [1.82, 2.24) is 0 Å². The number of carbonyl (C=O) groups excluding carboxylic acids is 2. The Balaban J connectivity index is 1.92. The number of hydrogen-bond acceptors (Lipinski definition) is 4. The zero-order valence-electron chi connectivity index (χ0n) is 12.3. The summed E-state index contributed by atoms with van der Waals surface area (Å²) in [5.41, 5.74) is 1.52. The Morgan fingerprint density at radius 2 is 1.77 bits per heavy atom. The molecule has 0 aromatic heterocycles. The molecule has 5 heteroatoms. The Kier molecular flexibility index (Phi) is 5.17. The third-order valence-electron chi connectivity index (χ3n) is 2.93. The minimum Gasteiger partial charge on any atom is -0.482 e. The summed E-state index contributed by atoms with van der Waals surface area (Å²) in [7, 11) is 0. The topological polar surface area (TPSA) is 52.6 Å². The Morgan fingerprint density at radius 1 is 1.09 bits per heavy atom. The van der Waals surface area contributed by atoms with Gasteiger partial charge in [0.1, 0.15) is 11.5 Å². The largest absolute Gasteiger partial charge is 0.482 e. The fourth-order valence-electron chi connectivity index (χ4n) is 1.77. The molecule has 0 unspecified atom stereocenters. The van der Waals surface area contributed by atoms with Gasteiger partial charge in [0.15, 0.2) is 12.4 Å². The highest BCUT2D eigenvalue weighted by atomic mass is 35.5. The second-order valence-corrected chi connectivity index (χ2v) is 5.18. The summed E-state index contributed by atoms with van der Waals surface area (Å²) in [5, 5.41) is 0.366. The smallest absolute Gasteiger partial charge is 0.349 e. The van der Waals surface area contributed by atoms with Gasteiger partial charge in [-0.25, -0.2) is 4.79 Å². The molecule has 0 bridgehead atoms. The first-order valence-corrected chi connectivity index (χ1v) is 7.04. The lowest BCUT2D eigenvalue weighted by Gasteiger charge is -2.08. The van der Waals surface area contributed by atoms with E-state index in [0.29, 0.717) is 22.1 Å². The Bertz CT molecular complexity index is 692. The van der Waals surface area contributed by atoms with Crippen molar-refractivity contribution in [3.05, 3.63) is 58.6 Å². The minimum atomic E-state index is -0.553. The van der Waals surface area contributed by atoms with Crippen LogP contribution >= 0.6 is 11.6 Å². The molecule has 0 saturated carbocycles. The SMILES string of the molecule is CC(=O)c1ccc(OCC(=O)Oc2cc(C)ccc2Cl)cc1. The van der Waals surface area contributed by atoms with Crippen LogP contribution in [0.25, 0.3) is 0 Å². The molecule has 2 aromatic carbocycles. The summed E-state index contributed by atoms with van der Waals surface area (Å²) in [6.45, 7) is 3.11. The molecule has 0 aliphatic carbocycles. The zero-order chi connectivity index (χ0) is 16.1. The Morgan fingerprint density at radius 3 is 2.41 bits per heavy atom. The normalized spacial score (nSPS) is 10.1. The average Bonchev–Trinajstić information content (AvgIpc) is 2.49. The maximum atomic E-state index is 11.8. The van der Waals surface area contributed by atoms with E-state index in [0.717, 1.165) is 5.56 Å². The van der Waals surface area contributed by atoms with Crippen molar-refractivity contribution in [2.75, 3.05) is 6.61 Å². The highest BCUT2D eigenvalue weighted by Gasteiger charge is 2.10. The van der Waals surface area contributed by atoms with E-state index in [-0.39, 0.29) is 12.4 Å². The molecule has 22 heavy (non-hydrogen) atoms. The minimum absolute atomic E-state index is 0.0277. The van der Waals surface area contributed by atoms with Gasteiger partial charge in [-0.3, -0.25) is 4.79 Å². The maximum Gasteiger partial charge on any atom is 0.349 e. The van der Waals surface area contributed by atoms with E-state index in [1.807, 2.05) is 13.0 Å². The predicted molar refractivity (Wildman–Crippen MR) is 83.8 cm³/mol. The molecule has 114 valence electrons. The highest BCUT2D eigenvalue weighted by Crippen LogP contribution is 2.25. The number of rotatable bonds is 5. The van der Waals surface area contributed by atoms with Crippen LogP contribution in [0, 0.1) is 6.92 Å². The van der Waals surface area contributed by atoms with E-state index in [9.17, 15) is 9.59 Å². The summed E-state index contributed by atoms with van der Waals surface area (Å²) < 4.78 is 10.5. The number of esters is 1. The molecule has 0 aliphatic rings. The number of benzene rings is 2. The summed E-state index contributed by atoms with van der Waals surface area (Å²) in [5.74, 6) is 0.211. The van der Waals surface area contributed by atoms with Gasteiger partial charge in [-0.1, -0.05) is 17.7 Å². The quantitative estimate of drug-likeness (QED) is 0.477. The van der Waals surface area contributed by atoms with Crippen molar-refractivity contribution < 1.29 is 19.1 Å². The predicted octanol–water partition coefficient (Wildman–Crippen LogP) is 3.84. The van der Waals surface area contributed by atoms with Gasteiger partial charge in [-0.15, -0.1) is 0 Å². The first-order valence-electron chi connectivity index (χ1n) is 6.66. The van der Waals surface area contributed by atoms with Gasteiger partial charge in [0.2, 0.25) is 0 Å². The van der Waals surface area contributed by atoms with E-state index < -0.39 is 5.97 Å². The first-order chi connectivity index (χ1) is 10.5. The number of Topliss-reactive ketones (excluding diaryl/α,β-unsaturated/α-hetero) is 1. The maximum absolute atomic E-state index is 11.8. The van der Waals surface area contributed by atoms with Crippen molar-refractivity contribution in [2.45, 2.75) is 13.8 Å². The van der Waals surface area contributed by atoms with E-state index in [2.05, 4.69) is 0 Å². The van der Waals surface area contributed by atoms with Crippen molar-refractivity contribution >= 4 is 23.4 Å². The average molecular weight is 319 g/mol. The molecule has 0 fully saturated rings. The van der Waals surface area contributed by atoms with Crippen molar-refractivity contribution in [3.63, 3.8) is 0 Å². The third kappa shape index (κ3) is 4.33. The molecule has 0 aliphatic heterocycles. The van der Waals surface area contributed by atoms with Gasteiger partial charge in [-0.2, -0.15) is 0 Å². The summed E-state index contributed by atoms with van der Waals surface area (Å²) >= 11 is 5.95. The van der Waals surface area contributed by atoms with Gasteiger partial charge in [0, 0.05) is 5.56 Å². The molecule has 4 nitrogen and oxygen atoms in total. The van der Waals surface area contributed by atoms with E-state index in [1.54, 1.807) is 36.4 Å². The Labute approximate surface area is 133 Å². The number of hydrogen-bond donors (Lipinski definition) is 0. The van der Waals surface area contributed by atoms with Crippen molar-refractivity contribution in [3.8, 4) is 11.5 Å². The molecule has 0 N–H and O–H groups in total. The lowest BCUT2D eigenvalue weighted by Crippen LogP contribution is -2.18. The monoisotopic (exact) mass is 318 g/mol. The molecule has 0 heterocycles.